The number of carbonyl (C=O) groups is 2. The highest BCUT2D eigenvalue weighted by Gasteiger charge is 2.45. The third-order valence-electron chi connectivity index (χ3n) is 7.42. The number of esters is 1. The van der Waals surface area contributed by atoms with Crippen LogP contribution in [0, 0.1) is 6.92 Å². The third kappa shape index (κ3) is 5.07. The number of benzene rings is 3. The number of amides is 1. The smallest absolute Gasteiger partial charge is 0.316 e. The van der Waals surface area contributed by atoms with Crippen molar-refractivity contribution in [2.24, 2.45) is 0 Å². The van der Waals surface area contributed by atoms with E-state index in [0.717, 1.165) is 22.4 Å². The van der Waals surface area contributed by atoms with Gasteiger partial charge in [0.15, 0.2) is 5.69 Å². The Morgan fingerprint density at radius 2 is 1.56 bits per heavy atom. The molecular weight excluding hydrogens is 533 g/mol. The Hall–Kier alpha value is -3.61. The average Bonchev–Trinajstić information content (AvgIpc) is 3.30. The van der Waals surface area contributed by atoms with Crippen LogP contribution < -0.4 is 0 Å². The fourth-order valence-electron chi connectivity index (χ4n) is 5.32. The Bertz CT molecular complexity index is 1490. The summed E-state index contributed by atoms with van der Waals surface area (Å²) >= 11 is 12.7. The van der Waals surface area contributed by atoms with Gasteiger partial charge in [-0.25, -0.2) is 4.68 Å². The number of piperidine rings is 1. The van der Waals surface area contributed by atoms with Crippen molar-refractivity contribution in [2.45, 2.75) is 32.1 Å². The standard InChI is InChI=1S/C31H29Cl2N3O3/c1-3-39-30(38)31(23-9-5-4-6-10-23)17-19-35(20-18-31)29(37)27-21(2)28(22-13-15-24(32)16-14-22)36(34-27)26-12-8-7-11-25(26)33/h4-16H,3,17-20H2,1-2H3. The first-order valence-corrected chi connectivity index (χ1v) is 13.7. The van der Waals surface area contributed by atoms with Crippen molar-refractivity contribution in [1.29, 1.82) is 0 Å². The number of hydrogen-bond acceptors (Lipinski definition) is 4. The molecule has 1 aromatic heterocycles. The summed E-state index contributed by atoms with van der Waals surface area (Å²) in [5.41, 5.74) is 3.54. The van der Waals surface area contributed by atoms with Crippen molar-refractivity contribution in [1.82, 2.24) is 14.7 Å². The maximum absolute atomic E-state index is 13.9. The summed E-state index contributed by atoms with van der Waals surface area (Å²) in [5, 5.41) is 5.93. The van der Waals surface area contributed by atoms with Gasteiger partial charge in [0.2, 0.25) is 0 Å². The quantitative estimate of drug-likeness (QED) is 0.240. The van der Waals surface area contributed by atoms with Gasteiger partial charge >= 0.3 is 5.97 Å². The van der Waals surface area contributed by atoms with Gasteiger partial charge < -0.3 is 9.64 Å². The Morgan fingerprint density at radius 3 is 2.21 bits per heavy atom. The summed E-state index contributed by atoms with van der Waals surface area (Å²) in [7, 11) is 0. The summed E-state index contributed by atoms with van der Waals surface area (Å²) < 4.78 is 7.22. The lowest BCUT2D eigenvalue weighted by molar-refractivity contribution is -0.152. The molecule has 0 saturated carbocycles. The topological polar surface area (TPSA) is 64.4 Å². The molecule has 1 aliphatic heterocycles. The molecule has 39 heavy (non-hydrogen) atoms. The van der Waals surface area contributed by atoms with Crippen LogP contribution in [0.4, 0.5) is 0 Å². The van der Waals surface area contributed by atoms with Gasteiger partial charge in [0.25, 0.3) is 5.91 Å². The monoisotopic (exact) mass is 561 g/mol. The Labute approximate surface area is 238 Å². The zero-order valence-corrected chi connectivity index (χ0v) is 23.4. The molecule has 0 aliphatic carbocycles. The van der Waals surface area contributed by atoms with Gasteiger partial charge in [0.1, 0.15) is 0 Å². The molecule has 200 valence electrons. The largest absolute Gasteiger partial charge is 0.465 e. The van der Waals surface area contributed by atoms with Crippen molar-refractivity contribution >= 4 is 35.1 Å². The molecule has 1 fully saturated rings. The van der Waals surface area contributed by atoms with Crippen LogP contribution in [0.2, 0.25) is 10.0 Å². The van der Waals surface area contributed by atoms with Crippen molar-refractivity contribution in [3.63, 3.8) is 0 Å². The summed E-state index contributed by atoms with van der Waals surface area (Å²) in [4.78, 5) is 28.9. The Kier molecular flexibility index (Phi) is 7.78. The first kappa shape index (κ1) is 27.0. The van der Waals surface area contributed by atoms with E-state index < -0.39 is 5.41 Å². The molecule has 1 saturated heterocycles. The zero-order valence-electron chi connectivity index (χ0n) is 21.9. The number of ether oxygens (including phenoxy) is 1. The van der Waals surface area contributed by atoms with E-state index in [0.29, 0.717) is 54.0 Å². The summed E-state index contributed by atoms with van der Waals surface area (Å²) in [5.74, 6) is -0.425. The highest BCUT2D eigenvalue weighted by molar-refractivity contribution is 6.32. The maximum Gasteiger partial charge on any atom is 0.316 e. The van der Waals surface area contributed by atoms with E-state index in [2.05, 4.69) is 0 Å². The van der Waals surface area contributed by atoms with Crippen molar-refractivity contribution in [3.8, 4) is 16.9 Å². The van der Waals surface area contributed by atoms with E-state index in [9.17, 15) is 9.59 Å². The third-order valence-corrected chi connectivity index (χ3v) is 7.99. The van der Waals surface area contributed by atoms with Gasteiger partial charge in [0.05, 0.1) is 28.4 Å². The SMILES string of the molecule is CCOC(=O)C1(c2ccccc2)CCN(C(=O)c2nn(-c3ccccc3Cl)c(-c3ccc(Cl)cc3)c2C)CC1. The van der Waals surface area contributed by atoms with E-state index in [1.165, 1.54) is 0 Å². The number of rotatable bonds is 6. The van der Waals surface area contributed by atoms with Crippen LogP contribution in [-0.4, -0.2) is 46.3 Å². The van der Waals surface area contributed by atoms with Crippen molar-refractivity contribution < 1.29 is 14.3 Å². The highest BCUT2D eigenvalue weighted by atomic mass is 35.5. The molecule has 2 heterocycles. The van der Waals surface area contributed by atoms with E-state index in [1.54, 1.807) is 15.6 Å². The minimum absolute atomic E-state index is 0.181. The first-order valence-electron chi connectivity index (χ1n) is 13.0. The Morgan fingerprint density at radius 1 is 0.923 bits per heavy atom. The van der Waals surface area contributed by atoms with Crippen LogP contribution in [0.25, 0.3) is 16.9 Å². The summed E-state index contributed by atoms with van der Waals surface area (Å²) in [6.45, 7) is 4.82. The average molecular weight is 562 g/mol. The van der Waals surface area contributed by atoms with Crippen LogP contribution in [-0.2, 0) is 14.9 Å². The number of aromatic nitrogens is 2. The zero-order chi connectivity index (χ0) is 27.6. The number of likely N-dealkylation sites (tertiary alicyclic amines) is 1. The minimum Gasteiger partial charge on any atom is -0.465 e. The summed E-state index contributed by atoms with van der Waals surface area (Å²) in [6.07, 6.45) is 0.936. The molecule has 3 aromatic carbocycles. The molecular formula is C31H29Cl2N3O3. The van der Waals surface area contributed by atoms with E-state index >= 15 is 0 Å². The number of hydrogen-bond donors (Lipinski definition) is 0. The fourth-order valence-corrected chi connectivity index (χ4v) is 5.66. The second-order valence-electron chi connectivity index (χ2n) is 9.65. The molecule has 0 bridgehead atoms. The fraction of sp³-hybridized carbons (Fsp3) is 0.258. The van der Waals surface area contributed by atoms with E-state index in [-0.39, 0.29) is 11.9 Å². The number of para-hydroxylation sites is 1. The van der Waals surface area contributed by atoms with Gasteiger partial charge in [-0.1, -0.05) is 77.8 Å². The minimum atomic E-state index is -0.783. The second kappa shape index (κ2) is 11.2. The molecule has 4 aromatic rings. The van der Waals surface area contributed by atoms with Crippen LogP contribution >= 0.6 is 23.2 Å². The molecule has 6 nitrogen and oxygen atoms in total. The highest BCUT2D eigenvalue weighted by Crippen LogP contribution is 2.38. The van der Waals surface area contributed by atoms with Crippen molar-refractivity contribution in [3.05, 3.63) is 106 Å². The molecule has 5 rings (SSSR count). The maximum atomic E-state index is 13.9. The van der Waals surface area contributed by atoms with Crippen molar-refractivity contribution in [2.75, 3.05) is 19.7 Å². The molecule has 0 radical (unpaired) electrons. The van der Waals surface area contributed by atoms with Gasteiger partial charge in [-0.15, -0.1) is 0 Å². The van der Waals surface area contributed by atoms with Crippen LogP contribution in [0.5, 0.6) is 0 Å². The van der Waals surface area contributed by atoms with Gasteiger partial charge in [-0.2, -0.15) is 5.10 Å². The molecule has 1 aliphatic rings. The lowest BCUT2D eigenvalue weighted by Gasteiger charge is -2.40. The number of nitrogens with zero attached hydrogens (tertiary/aromatic N) is 3. The second-order valence-corrected chi connectivity index (χ2v) is 10.5. The molecule has 0 spiro atoms. The van der Waals surface area contributed by atoms with Crippen LogP contribution in [0.3, 0.4) is 0 Å². The van der Waals surface area contributed by atoms with Crippen LogP contribution in [0.15, 0.2) is 78.9 Å². The predicted molar refractivity (Wildman–Crippen MR) is 154 cm³/mol. The molecule has 8 heteroatoms. The van der Waals surface area contributed by atoms with Gasteiger partial charge in [0, 0.05) is 29.2 Å². The van der Waals surface area contributed by atoms with Crippen LogP contribution in [0.1, 0.15) is 41.4 Å². The number of halogens is 2. The summed E-state index contributed by atoms with van der Waals surface area (Å²) in [6, 6.07) is 24.5. The Balaban J connectivity index is 1.50. The molecule has 0 unspecified atom stereocenters. The molecule has 0 atom stereocenters. The first-order chi connectivity index (χ1) is 18.9. The van der Waals surface area contributed by atoms with E-state index in [4.69, 9.17) is 33.0 Å². The normalized spacial score (nSPS) is 14.7. The van der Waals surface area contributed by atoms with Gasteiger partial charge in [-0.05, 0) is 56.5 Å². The van der Waals surface area contributed by atoms with E-state index in [1.807, 2.05) is 86.6 Å². The number of carbonyl (C=O) groups excluding carboxylic acids is 2. The lowest BCUT2D eigenvalue weighted by atomic mass is 9.72. The molecule has 1 amide bonds. The molecule has 0 N–H and O–H groups in total. The predicted octanol–water partition coefficient (Wildman–Crippen LogP) is 6.89. The lowest BCUT2D eigenvalue weighted by Crippen LogP contribution is -2.49. The van der Waals surface area contributed by atoms with Gasteiger partial charge in [-0.3, -0.25) is 9.59 Å².